The minimum atomic E-state index is -0.765. The predicted molar refractivity (Wildman–Crippen MR) is 112 cm³/mol. The third-order valence-corrected chi connectivity index (χ3v) is 5.58. The lowest BCUT2D eigenvalue weighted by Crippen LogP contribution is -2.41. The Morgan fingerprint density at radius 2 is 1.68 bits per heavy atom. The quantitative estimate of drug-likeness (QED) is 0.741. The number of halogens is 2. The molecule has 1 heterocycles. The molecule has 0 unspecified atom stereocenters. The monoisotopic (exact) mass is 424 g/mol. The van der Waals surface area contributed by atoms with E-state index in [4.69, 9.17) is 10.5 Å². The van der Waals surface area contributed by atoms with Crippen molar-refractivity contribution in [3.05, 3.63) is 88.4 Å². The number of anilines is 1. The van der Waals surface area contributed by atoms with Gasteiger partial charge in [-0.1, -0.05) is 12.1 Å². The Hall–Kier alpha value is -3.48. The molecular formula is C24H22F2N2O3. The molecule has 1 aliphatic heterocycles. The van der Waals surface area contributed by atoms with Crippen molar-refractivity contribution in [2.45, 2.75) is 32.1 Å². The van der Waals surface area contributed by atoms with Crippen LogP contribution in [-0.4, -0.2) is 18.4 Å². The number of carbonyl (C=O) groups is 2. The fourth-order valence-corrected chi connectivity index (χ4v) is 4.27. The molecule has 160 valence electrons. The Labute approximate surface area is 178 Å². The zero-order valence-electron chi connectivity index (χ0n) is 17.0. The van der Waals surface area contributed by atoms with E-state index in [9.17, 15) is 18.4 Å². The average Bonchev–Trinajstić information content (AvgIpc) is 2.75. The highest BCUT2D eigenvalue weighted by molar-refractivity contribution is 6.05. The van der Waals surface area contributed by atoms with Gasteiger partial charge in [0.25, 0.3) is 0 Å². The average molecular weight is 424 g/mol. The van der Waals surface area contributed by atoms with E-state index in [1.54, 1.807) is 36.1 Å². The molecule has 0 amide bonds. The van der Waals surface area contributed by atoms with Gasteiger partial charge in [0, 0.05) is 23.4 Å². The van der Waals surface area contributed by atoms with Crippen molar-refractivity contribution in [3.8, 4) is 0 Å². The molecule has 0 saturated heterocycles. The molecule has 1 aliphatic carbocycles. The van der Waals surface area contributed by atoms with Crippen LogP contribution >= 0.6 is 0 Å². The molecule has 1 atom stereocenters. The first-order valence-electron chi connectivity index (χ1n) is 10.2. The number of nitrogens with zero attached hydrogens (tertiary/aromatic N) is 1. The summed E-state index contributed by atoms with van der Waals surface area (Å²) in [5, 5.41) is 0. The molecule has 2 aromatic rings. The Kier molecular flexibility index (Phi) is 5.59. The predicted octanol–water partition coefficient (Wildman–Crippen LogP) is 4.31. The summed E-state index contributed by atoms with van der Waals surface area (Å²) in [6.45, 7) is 1.81. The topological polar surface area (TPSA) is 72.6 Å². The van der Waals surface area contributed by atoms with E-state index >= 15 is 0 Å². The fourth-order valence-electron chi connectivity index (χ4n) is 4.27. The van der Waals surface area contributed by atoms with Crippen LogP contribution in [0.1, 0.15) is 37.7 Å². The number of Topliss-reactive ketones (excluding diaryl/α,β-unsaturated/α-hetero) is 1. The Morgan fingerprint density at radius 3 is 2.29 bits per heavy atom. The molecule has 2 aliphatic rings. The zero-order valence-corrected chi connectivity index (χ0v) is 17.0. The number of carbonyl (C=O) groups excluding carboxylic acids is 2. The van der Waals surface area contributed by atoms with Gasteiger partial charge in [0.05, 0.1) is 18.1 Å². The van der Waals surface area contributed by atoms with Crippen LogP contribution in [0.5, 0.6) is 0 Å². The second kappa shape index (κ2) is 8.34. The Bertz CT molecular complexity index is 1090. The standard InChI is InChI=1S/C24H22F2N2O3/c1-2-31-24(30)22-20(14-6-8-15(25)9-7-14)21-18(4-3-5-19(21)29)28(23(22)27)17-12-10-16(26)11-13-17/h6-13,20H,2-5,27H2,1H3/t20-/m1/s1. The molecule has 31 heavy (non-hydrogen) atoms. The number of rotatable bonds is 4. The maximum absolute atomic E-state index is 13.6. The molecule has 0 saturated carbocycles. The Morgan fingerprint density at radius 1 is 1.06 bits per heavy atom. The number of ketones is 1. The van der Waals surface area contributed by atoms with Crippen LogP contribution in [-0.2, 0) is 14.3 Å². The van der Waals surface area contributed by atoms with E-state index in [1.807, 2.05) is 0 Å². The van der Waals surface area contributed by atoms with Gasteiger partial charge in [-0.05, 0) is 61.7 Å². The molecule has 0 bridgehead atoms. The maximum Gasteiger partial charge on any atom is 0.338 e. The van der Waals surface area contributed by atoms with Crippen LogP contribution < -0.4 is 10.6 Å². The summed E-state index contributed by atoms with van der Waals surface area (Å²) in [4.78, 5) is 27.8. The van der Waals surface area contributed by atoms with Crippen molar-refractivity contribution >= 4 is 17.4 Å². The lowest BCUT2D eigenvalue weighted by molar-refractivity contribution is -0.138. The summed E-state index contributed by atoms with van der Waals surface area (Å²) in [6.07, 6.45) is 1.53. The van der Waals surface area contributed by atoms with Crippen LogP contribution in [0.4, 0.5) is 14.5 Å². The highest BCUT2D eigenvalue weighted by Gasteiger charge is 2.43. The van der Waals surface area contributed by atoms with Crippen molar-refractivity contribution in [1.29, 1.82) is 0 Å². The lowest BCUT2D eigenvalue weighted by Gasteiger charge is -2.40. The highest BCUT2D eigenvalue weighted by atomic mass is 19.1. The van der Waals surface area contributed by atoms with Crippen LogP contribution in [0.3, 0.4) is 0 Å². The van der Waals surface area contributed by atoms with Crippen LogP contribution in [0, 0.1) is 11.6 Å². The summed E-state index contributed by atoms with van der Waals surface area (Å²) in [7, 11) is 0. The van der Waals surface area contributed by atoms with Crippen molar-refractivity contribution in [3.63, 3.8) is 0 Å². The molecule has 0 radical (unpaired) electrons. The number of benzene rings is 2. The van der Waals surface area contributed by atoms with Gasteiger partial charge in [0.15, 0.2) is 5.78 Å². The van der Waals surface area contributed by atoms with Crippen molar-refractivity contribution < 1.29 is 23.1 Å². The van der Waals surface area contributed by atoms with Gasteiger partial charge in [-0.15, -0.1) is 0 Å². The van der Waals surface area contributed by atoms with Gasteiger partial charge in [-0.25, -0.2) is 13.6 Å². The van der Waals surface area contributed by atoms with Gasteiger partial charge >= 0.3 is 5.97 Å². The normalized spacial score (nSPS) is 18.9. The molecule has 0 fully saturated rings. The summed E-state index contributed by atoms with van der Waals surface area (Å²) < 4.78 is 32.4. The molecule has 2 N–H and O–H groups in total. The zero-order chi connectivity index (χ0) is 22.1. The summed E-state index contributed by atoms with van der Waals surface area (Å²) in [5.74, 6) is -2.23. The molecule has 5 nitrogen and oxygen atoms in total. The Balaban J connectivity index is 1.98. The van der Waals surface area contributed by atoms with E-state index in [1.165, 1.54) is 24.3 Å². The fraction of sp³-hybridized carbons (Fsp3) is 0.250. The van der Waals surface area contributed by atoms with Crippen LogP contribution in [0.2, 0.25) is 0 Å². The largest absolute Gasteiger partial charge is 0.463 e. The van der Waals surface area contributed by atoms with Gasteiger partial charge in [-0.3, -0.25) is 9.69 Å². The first-order chi connectivity index (χ1) is 14.9. The van der Waals surface area contributed by atoms with Crippen molar-refractivity contribution in [2.75, 3.05) is 11.5 Å². The van der Waals surface area contributed by atoms with Crippen molar-refractivity contribution in [2.24, 2.45) is 5.73 Å². The highest BCUT2D eigenvalue weighted by Crippen LogP contribution is 2.46. The van der Waals surface area contributed by atoms with Crippen molar-refractivity contribution in [1.82, 2.24) is 0 Å². The number of esters is 1. The summed E-state index contributed by atoms with van der Waals surface area (Å²) in [5.41, 5.74) is 8.88. The van der Waals surface area contributed by atoms with Gasteiger partial charge in [0.1, 0.15) is 17.5 Å². The SMILES string of the molecule is CCOC(=O)C1=C(N)N(c2ccc(F)cc2)C2=C(C(=O)CCC2)[C@H]1c1ccc(F)cc1. The molecule has 4 rings (SSSR count). The smallest absolute Gasteiger partial charge is 0.338 e. The molecule has 2 aromatic carbocycles. The van der Waals surface area contributed by atoms with E-state index < -0.39 is 23.5 Å². The number of hydrogen-bond acceptors (Lipinski definition) is 5. The van der Waals surface area contributed by atoms with Gasteiger partial charge < -0.3 is 10.5 Å². The van der Waals surface area contributed by atoms with Gasteiger partial charge in [-0.2, -0.15) is 0 Å². The van der Waals surface area contributed by atoms with Crippen LogP contribution in [0.25, 0.3) is 0 Å². The number of nitrogens with two attached hydrogens (primary N) is 1. The molecule has 0 aromatic heterocycles. The second-order valence-electron chi connectivity index (χ2n) is 7.45. The van der Waals surface area contributed by atoms with Crippen LogP contribution in [0.15, 0.2) is 71.2 Å². The third kappa shape index (κ3) is 3.71. The number of hydrogen-bond donors (Lipinski definition) is 1. The molecule has 7 heteroatoms. The van der Waals surface area contributed by atoms with Gasteiger partial charge in [0.2, 0.25) is 0 Å². The maximum atomic E-state index is 13.6. The number of ether oxygens (including phenoxy) is 1. The minimum Gasteiger partial charge on any atom is -0.463 e. The number of allylic oxidation sites excluding steroid dienone is 2. The third-order valence-electron chi connectivity index (χ3n) is 5.58. The van der Waals surface area contributed by atoms with E-state index in [-0.39, 0.29) is 23.8 Å². The summed E-state index contributed by atoms with van der Waals surface area (Å²) >= 11 is 0. The first kappa shape index (κ1) is 20.8. The molecule has 0 spiro atoms. The first-order valence-corrected chi connectivity index (χ1v) is 10.2. The molecular weight excluding hydrogens is 402 g/mol. The lowest BCUT2D eigenvalue weighted by atomic mass is 9.75. The second-order valence-corrected chi connectivity index (χ2v) is 7.45. The summed E-state index contributed by atoms with van der Waals surface area (Å²) in [6, 6.07) is 11.4. The minimum absolute atomic E-state index is 0.100. The van der Waals surface area contributed by atoms with E-state index in [0.29, 0.717) is 41.8 Å². The van der Waals surface area contributed by atoms with E-state index in [0.717, 1.165) is 0 Å². The van der Waals surface area contributed by atoms with E-state index in [2.05, 4.69) is 0 Å².